The largest absolute Gasteiger partial charge is 0.480 e. The van der Waals surface area contributed by atoms with Crippen molar-refractivity contribution >= 4 is 5.97 Å². The molecule has 0 aliphatic carbocycles. The monoisotopic (exact) mass is 234 g/mol. The number of carboxylic acid groups (broad SMARTS) is 1. The summed E-state index contributed by atoms with van der Waals surface area (Å²) in [5.74, 6) is -0.804. The van der Waals surface area contributed by atoms with Crippen molar-refractivity contribution in [2.24, 2.45) is 0 Å². The molecule has 1 aliphatic heterocycles. The quantitative estimate of drug-likeness (QED) is 0.727. The van der Waals surface area contributed by atoms with Gasteiger partial charge in [0.1, 0.15) is 6.04 Å². The van der Waals surface area contributed by atoms with E-state index >= 15 is 0 Å². The number of hydrazine groups is 1. The van der Waals surface area contributed by atoms with Crippen molar-refractivity contribution < 1.29 is 9.90 Å². The van der Waals surface area contributed by atoms with E-state index in [1.165, 1.54) is 22.3 Å². The normalized spacial score (nSPS) is 23.9. The summed E-state index contributed by atoms with van der Waals surface area (Å²) < 4.78 is 0. The van der Waals surface area contributed by atoms with E-state index in [4.69, 9.17) is 5.11 Å². The van der Waals surface area contributed by atoms with Crippen molar-refractivity contribution in [3.8, 4) is 0 Å². The van der Waals surface area contributed by atoms with Gasteiger partial charge in [-0.25, -0.2) is 10.9 Å². The molecule has 1 aliphatic rings. The molecule has 2 atom stereocenters. The lowest BCUT2D eigenvalue weighted by atomic mass is 9.94. The molecular weight excluding hydrogens is 216 g/mol. The molecule has 0 bridgehead atoms. The lowest BCUT2D eigenvalue weighted by Crippen LogP contribution is -2.36. The first-order valence-corrected chi connectivity index (χ1v) is 5.80. The highest BCUT2D eigenvalue weighted by molar-refractivity contribution is 5.73. The predicted molar refractivity (Wildman–Crippen MR) is 65.7 cm³/mol. The van der Waals surface area contributed by atoms with Crippen LogP contribution in [0.4, 0.5) is 0 Å². The van der Waals surface area contributed by atoms with Crippen LogP contribution in [0.25, 0.3) is 0 Å². The molecule has 0 amide bonds. The maximum Gasteiger partial charge on any atom is 0.322 e. The van der Waals surface area contributed by atoms with Gasteiger partial charge in [-0.15, -0.1) is 0 Å². The van der Waals surface area contributed by atoms with Gasteiger partial charge in [-0.2, -0.15) is 0 Å². The van der Waals surface area contributed by atoms with E-state index < -0.39 is 12.0 Å². The van der Waals surface area contributed by atoms with Crippen LogP contribution in [0.1, 0.15) is 34.7 Å². The molecule has 2 unspecified atom stereocenters. The van der Waals surface area contributed by atoms with Gasteiger partial charge >= 0.3 is 5.97 Å². The van der Waals surface area contributed by atoms with E-state index in [0.717, 1.165) is 0 Å². The summed E-state index contributed by atoms with van der Waals surface area (Å²) in [6.07, 6.45) is 0.582. The Labute approximate surface area is 101 Å². The molecule has 2 rings (SSSR count). The van der Waals surface area contributed by atoms with Gasteiger partial charge in [0.15, 0.2) is 0 Å². The molecule has 17 heavy (non-hydrogen) atoms. The van der Waals surface area contributed by atoms with Crippen LogP contribution in [0.15, 0.2) is 12.1 Å². The summed E-state index contributed by atoms with van der Waals surface area (Å²) >= 11 is 0. The lowest BCUT2D eigenvalue weighted by Gasteiger charge is -2.15. The molecule has 1 aromatic rings. The van der Waals surface area contributed by atoms with Crippen LogP contribution in [0.5, 0.6) is 0 Å². The summed E-state index contributed by atoms with van der Waals surface area (Å²) in [5, 5.41) is 8.94. The lowest BCUT2D eigenvalue weighted by molar-refractivity contribution is -0.139. The summed E-state index contributed by atoms with van der Waals surface area (Å²) in [5.41, 5.74) is 10.8. The van der Waals surface area contributed by atoms with Crippen LogP contribution in [-0.2, 0) is 4.79 Å². The fraction of sp³-hybridized carbons (Fsp3) is 0.462. The van der Waals surface area contributed by atoms with Crippen LogP contribution >= 0.6 is 0 Å². The number of benzene rings is 1. The number of nitrogens with one attached hydrogen (secondary N) is 2. The van der Waals surface area contributed by atoms with Gasteiger partial charge in [-0.05, 0) is 49.4 Å². The van der Waals surface area contributed by atoms with Crippen LogP contribution in [-0.4, -0.2) is 17.1 Å². The molecule has 4 nitrogen and oxygen atoms in total. The first-order chi connectivity index (χ1) is 7.99. The van der Waals surface area contributed by atoms with E-state index in [-0.39, 0.29) is 6.04 Å². The Hall–Kier alpha value is -1.39. The molecule has 0 saturated carbocycles. The Morgan fingerprint density at radius 3 is 2.41 bits per heavy atom. The highest BCUT2D eigenvalue weighted by Gasteiger charge is 2.30. The number of carboxylic acids is 1. The molecule has 1 saturated heterocycles. The number of aryl methyl sites for hydroxylation is 3. The first kappa shape index (κ1) is 12.1. The summed E-state index contributed by atoms with van der Waals surface area (Å²) in [6.45, 7) is 6.24. The van der Waals surface area contributed by atoms with E-state index in [2.05, 4.69) is 43.8 Å². The summed E-state index contributed by atoms with van der Waals surface area (Å²) in [6, 6.07) is 3.88. The van der Waals surface area contributed by atoms with E-state index in [1.54, 1.807) is 0 Å². The summed E-state index contributed by atoms with van der Waals surface area (Å²) in [7, 11) is 0. The van der Waals surface area contributed by atoms with Crippen molar-refractivity contribution in [3.05, 3.63) is 34.4 Å². The van der Waals surface area contributed by atoms with Gasteiger partial charge in [-0.1, -0.05) is 12.1 Å². The average Bonchev–Trinajstić information content (AvgIpc) is 2.72. The van der Waals surface area contributed by atoms with Crippen molar-refractivity contribution in [3.63, 3.8) is 0 Å². The SMILES string of the molecule is Cc1cc(C)c(C2CC(C(=O)O)NN2)cc1C. The third-order valence-electron chi connectivity index (χ3n) is 3.46. The minimum atomic E-state index is -0.804. The van der Waals surface area contributed by atoms with Crippen molar-refractivity contribution in [2.45, 2.75) is 39.3 Å². The first-order valence-electron chi connectivity index (χ1n) is 5.80. The third-order valence-corrected chi connectivity index (χ3v) is 3.46. The third kappa shape index (κ3) is 2.33. The second kappa shape index (κ2) is 4.47. The number of hydrogen-bond acceptors (Lipinski definition) is 3. The molecule has 92 valence electrons. The molecular formula is C13H18N2O2. The number of carbonyl (C=O) groups is 1. The number of rotatable bonds is 2. The van der Waals surface area contributed by atoms with Crippen molar-refractivity contribution in [1.82, 2.24) is 10.9 Å². The highest BCUT2D eigenvalue weighted by Crippen LogP contribution is 2.27. The predicted octanol–water partition coefficient (Wildman–Crippen LogP) is 1.60. The number of hydrogen-bond donors (Lipinski definition) is 3. The fourth-order valence-electron chi connectivity index (χ4n) is 2.28. The Balaban J connectivity index is 2.24. The van der Waals surface area contributed by atoms with Gasteiger partial charge in [0.05, 0.1) is 0 Å². The molecule has 0 radical (unpaired) electrons. The zero-order valence-corrected chi connectivity index (χ0v) is 10.4. The second-order valence-electron chi connectivity index (χ2n) is 4.76. The minimum absolute atomic E-state index is 0.0791. The molecule has 1 fully saturated rings. The standard InChI is InChI=1S/C13H18N2O2/c1-7-4-9(3)10(5-8(7)2)11-6-12(13(16)17)15-14-11/h4-5,11-12,14-15H,6H2,1-3H3,(H,16,17). The molecule has 1 aromatic carbocycles. The van der Waals surface area contributed by atoms with Crippen molar-refractivity contribution in [1.29, 1.82) is 0 Å². The minimum Gasteiger partial charge on any atom is -0.480 e. The Morgan fingerprint density at radius 1 is 1.18 bits per heavy atom. The average molecular weight is 234 g/mol. The Kier molecular flexibility index (Phi) is 3.17. The topological polar surface area (TPSA) is 61.4 Å². The Morgan fingerprint density at radius 2 is 1.82 bits per heavy atom. The smallest absolute Gasteiger partial charge is 0.322 e. The van der Waals surface area contributed by atoms with Crippen LogP contribution in [0, 0.1) is 20.8 Å². The second-order valence-corrected chi connectivity index (χ2v) is 4.76. The maximum absolute atomic E-state index is 10.9. The fourth-order valence-corrected chi connectivity index (χ4v) is 2.28. The molecule has 0 spiro atoms. The summed E-state index contributed by atoms with van der Waals surface area (Å²) in [4.78, 5) is 10.9. The molecule has 1 heterocycles. The Bertz CT molecular complexity index is 457. The molecule has 0 aromatic heterocycles. The van der Waals surface area contributed by atoms with Crippen LogP contribution in [0.2, 0.25) is 0 Å². The maximum atomic E-state index is 10.9. The van der Waals surface area contributed by atoms with Crippen molar-refractivity contribution in [2.75, 3.05) is 0 Å². The van der Waals surface area contributed by atoms with E-state index in [1.807, 2.05) is 0 Å². The molecule has 3 N–H and O–H groups in total. The highest BCUT2D eigenvalue weighted by atomic mass is 16.4. The van der Waals surface area contributed by atoms with Crippen LogP contribution in [0.3, 0.4) is 0 Å². The zero-order chi connectivity index (χ0) is 12.6. The van der Waals surface area contributed by atoms with E-state index in [0.29, 0.717) is 6.42 Å². The van der Waals surface area contributed by atoms with Gasteiger partial charge in [0.2, 0.25) is 0 Å². The van der Waals surface area contributed by atoms with Gasteiger partial charge in [-0.3, -0.25) is 4.79 Å². The molecule has 4 heteroatoms. The van der Waals surface area contributed by atoms with Gasteiger partial charge in [0, 0.05) is 6.04 Å². The van der Waals surface area contributed by atoms with Crippen LogP contribution < -0.4 is 10.9 Å². The number of aliphatic carboxylic acids is 1. The van der Waals surface area contributed by atoms with Gasteiger partial charge in [0.25, 0.3) is 0 Å². The van der Waals surface area contributed by atoms with E-state index in [9.17, 15) is 4.79 Å². The zero-order valence-electron chi connectivity index (χ0n) is 10.4. The van der Waals surface area contributed by atoms with Gasteiger partial charge < -0.3 is 5.11 Å².